The highest BCUT2D eigenvalue weighted by Gasteiger charge is 2.40. The lowest BCUT2D eigenvalue weighted by atomic mass is 10.1. The molecule has 2 aliphatic rings. The molecule has 0 unspecified atom stereocenters. The molecule has 2 heterocycles. The van der Waals surface area contributed by atoms with Gasteiger partial charge in [0, 0.05) is 19.2 Å². The largest absolute Gasteiger partial charge is 0.504 e. The van der Waals surface area contributed by atoms with Gasteiger partial charge in [0.2, 0.25) is 0 Å². The Bertz CT molecular complexity index is 765. The van der Waals surface area contributed by atoms with E-state index in [1.54, 1.807) is 4.90 Å². The third kappa shape index (κ3) is 3.00. The smallest absolute Gasteiger partial charge is 0.405 e. The molecule has 140 valence electrons. The summed E-state index contributed by atoms with van der Waals surface area (Å²) in [5, 5.41) is 10.1. The van der Waals surface area contributed by atoms with E-state index in [0.717, 1.165) is 12.8 Å². The molecular weight excluding hydrogens is 342 g/mol. The van der Waals surface area contributed by atoms with E-state index in [0.29, 0.717) is 6.54 Å². The number of phenols is 1. The van der Waals surface area contributed by atoms with Crippen molar-refractivity contribution >= 4 is 23.6 Å². The van der Waals surface area contributed by atoms with Crippen molar-refractivity contribution in [3.8, 4) is 11.5 Å². The zero-order chi connectivity index (χ0) is 19.0. The summed E-state index contributed by atoms with van der Waals surface area (Å²) in [7, 11) is 1.38. The molecule has 0 radical (unpaired) electrons. The number of nitrogens with zero attached hydrogens (tertiary/aromatic N) is 2. The van der Waals surface area contributed by atoms with Crippen molar-refractivity contribution in [2.24, 2.45) is 5.73 Å². The second-order valence-electron chi connectivity index (χ2n) is 6.36. The van der Waals surface area contributed by atoms with Crippen LogP contribution in [0.5, 0.6) is 11.5 Å². The number of primary amides is 1. The molecule has 0 aromatic heterocycles. The lowest BCUT2D eigenvalue weighted by Gasteiger charge is -2.28. The Hall–Kier alpha value is -2.97. The maximum atomic E-state index is 13.0. The van der Waals surface area contributed by atoms with Crippen LogP contribution in [0.1, 0.15) is 30.1 Å². The first kappa shape index (κ1) is 17.8. The Morgan fingerprint density at radius 3 is 2.77 bits per heavy atom. The predicted molar refractivity (Wildman–Crippen MR) is 91.2 cm³/mol. The molecular formula is C17H21N3O6. The Morgan fingerprint density at radius 2 is 2.12 bits per heavy atom. The fourth-order valence-electron chi connectivity index (χ4n) is 3.52. The molecule has 3 rings (SSSR count). The fraction of sp³-hybridized carbons (Fsp3) is 0.471. The van der Waals surface area contributed by atoms with E-state index in [-0.39, 0.29) is 41.2 Å². The number of carbonyl (C=O) groups is 3. The Balaban J connectivity index is 2.08. The number of benzene rings is 1. The standard InChI is InChI=1S/C17H21N3O6/c1-9(26-17(18)24)15(22)20-8-10-4-3-5-19(10)16(23)11-6-14(25-2)13(21)7-12(11)20/h6-7,9-10,21H,3-5,8H2,1-2H3,(H2,18,24)/t9-,10-/m0/s1. The molecule has 2 aliphatic heterocycles. The summed E-state index contributed by atoms with van der Waals surface area (Å²) in [5.41, 5.74) is 5.52. The number of anilines is 1. The van der Waals surface area contributed by atoms with Crippen molar-refractivity contribution in [1.29, 1.82) is 0 Å². The highest BCUT2D eigenvalue weighted by Crippen LogP contribution is 2.39. The summed E-state index contributed by atoms with van der Waals surface area (Å²) in [6.45, 7) is 2.26. The van der Waals surface area contributed by atoms with Crippen molar-refractivity contribution in [2.75, 3.05) is 25.1 Å². The minimum absolute atomic E-state index is 0.142. The van der Waals surface area contributed by atoms with E-state index in [9.17, 15) is 19.5 Å². The quantitative estimate of drug-likeness (QED) is 0.820. The lowest BCUT2D eigenvalue weighted by molar-refractivity contribution is -0.126. The summed E-state index contributed by atoms with van der Waals surface area (Å²) < 4.78 is 9.89. The molecule has 1 aromatic rings. The third-order valence-corrected chi connectivity index (χ3v) is 4.76. The minimum atomic E-state index is -1.12. The summed E-state index contributed by atoms with van der Waals surface area (Å²) in [4.78, 5) is 39.9. The zero-order valence-corrected chi connectivity index (χ0v) is 14.6. The number of rotatable bonds is 3. The molecule has 3 amide bonds. The van der Waals surface area contributed by atoms with Crippen LogP contribution in [-0.2, 0) is 9.53 Å². The van der Waals surface area contributed by atoms with E-state index in [4.69, 9.17) is 15.2 Å². The number of hydrogen-bond donors (Lipinski definition) is 2. The van der Waals surface area contributed by atoms with Crippen LogP contribution in [0, 0.1) is 0 Å². The van der Waals surface area contributed by atoms with Crippen LogP contribution in [0.2, 0.25) is 0 Å². The number of nitrogens with two attached hydrogens (primary N) is 1. The van der Waals surface area contributed by atoms with Gasteiger partial charge in [0.05, 0.1) is 24.4 Å². The summed E-state index contributed by atoms with van der Waals surface area (Å²) in [6, 6.07) is 2.60. The van der Waals surface area contributed by atoms with Gasteiger partial charge in [-0.25, -0.2) is 4.79 Å². The highest BCUT2D eigenvalue weighted by atomic mass is 16.6. The van der Waals surface area contributed by atoms with Gasteiger partial charge in [0.25, 0.3) is 11.8 Å². The first-order chi connectivity index (χ1) is 12.3. The van der Waals surface area contributed by atoms with Crippen molar-refractivity contribution in [3.63, 3.8) is 0 Å². The normalized spacial score (nSPS) is 20.1. The summed E-state index contributed by atoms with van der Waals surface area (Å²) in [6.07, 6.45) is -0.571. The third-order valence-electron chi connectivity index (χ3n) is 4.76. The number of ether oxygens (including phenoxy) is 2. The number of methoxy groups -OCH3 is 1. The first-order valence-corrected chi connectivity index (χ1v) is 8.33. The van der Waals surface area contributed by atoms with Gasteiger partial charge in [0.15, 0.2) is 17.6 Å². The Labute approximate surface area is 150 Å². The van der Waals surface area contributed by atoms with E-state index in [1.165, 1.54) is 31.1 Å². The molecule has 1 fully saturated rings. The monoisotopic (exact) mass is 363 g/mol. The molecule has 1 aromatic carbocycles. The number of fused-ring (bicyclic) bond motifs is 2. The number of carbonyl (C=O) groups excluding carboxylic acids is 3. The van der Waals surface area contributed by atoms with Gasteiger partial charge >= 0.3 is 6.09 Å². The first-order valence-electron chi connectivity index (χ1n) is 8.33. The molecule has 0 spiro atoms. The zero-order valence-electron chi connectivity index (χ0n) is 14.6. The van der Waals surface area contributed by atoms with Crippen LogP contribution in [0.4, 0.5) is 10.5 Å². The fourth-order valence-corrected chi connectivity index (χ4v) is 3.52. The van der Waals surface area contributed by atoms with Crippen LogP contribution >= 0.6 is 0 Å². The van der Waals surface area contributed by atoms with Gasteiger partial charge in [-0.15, -0.1) is 0 Å². The molecule has 0 bridgehead atoms. The molecule has 1 saturated heterocycles. The minimum Gasteiger partial charge on any atom is -0.504 e. The number of phenolic OH excluding ortho intramolecular Hbond substituents is 1. The van der Waals surface area contributed by atoms with E-state index in [1.807, 2.05) is 0 Å². The van der Waals surface area contributed by atoms with Gasteiger partial charge in [-0.1, -0.05) is 0 Å². The molecule has 26 heavy (non-hydrogen) atoms. The van der Waals surface area contributed by atoms with E-state index in [2.05, 4.69) is 0 Å². The Morgan fingerprint density at radius 1 is 1.38 bits per heavy atom. The van der Waals surface area contributed by atoms with Gasteiger partial charge in [-0.3, -0.25) is 9.59 Å². The molecule has 0 saturated carbocycles. The topological polar surface area (TPSA) is 122 Å². The number of aromatic hydroxyl groups is 1. The second-order valence-corrected chi connectivity index (χ2v) is 6.36. The van der Waals surface area contributed by atoms with Crippen molar-refractivity contribution < 1.29 is 29.0 Å². The maximum absolute atomic E-state index is 13.0. The van der Waals surface area contributed by atoms with Gasteiger partial charge in [0.1, 0.15) is 0 Å². The van der Waals surface area contributed by atoms with Crippen molar-refractivity contribution in [3.05, 3.63) is 17.7 Å². The van der Waals surface area contributed by atoms with Crippen LogP contribution in [0.3, 0.4) is 0 Å². The highest BCUT2D eigenvalue weighted by molar-refractivity contribution is 6.08. The van der Waals surface area contributed by atoms with Gasteiger partial charge in [-0.2, -0.15) is 0 Å². The van der Waals surface area contributed by atoms with Crippen LogP contribution in [-0.4, -0.2) is 60.3 Å². The average molecular weight is 363 g/mol. The number of amides is 3. The van der Waals surface area contributed by atoms with Crippen molar-refractivity contribution in [1.82, 2.24) is 4.90 Å². The van der Waals surface area contributed by atoms with Crippen LogP contribution < -0.4 is 15.4 Å². The van der Waals surface area contributed by atoms with Crippen LogP contribution in [0.15, 0.2) is 12.1 Å². The van der Waals surface area contributed by atoms with Crippen molar-refractivity contribution in [2.45, 2.75) is 31.9 Å². The van der Waals surface area contributed by atoms with Gasteiger partial charge < -0.3 is 30.1 Å². The number of hydrogen-bond acceptors (Lipinski definition) is 6. The van der Waals surface area contributed by atoms with E-state index < -0.39 is 18.1 Å². The summed E-state index contributed by atoms with van der Waals surface area (Å²) in [5.74, 6) is -0.790. The second kappa shape index (κ2) is 6.74. The molecule has 2 atom stereocenters. The Kier molecular flexibility index (Phi) is 4.62. The lowest BCUT2D eigenvalue weighted by Crippen LogP contribution is -2.46. The SMILES string of the molecule is COc1cc2c(cc1O)N(C(=O)[C@H](C)OC(N)=O)C[C@@H]1CCCN1C2=O. The predicted octanol–water partition coefficient (Wildman–Crippen LogP) is 0.836. The molecule has 0 aliphatic carbocycles. The van der Waals surface area contributed by atoms with E-state index >= 15 is 0 Å². The maximum Gasteiger partial charge on any atom is 0.405 e. The average Bonchev–Trinajstić information content (AvgIpc) is 3.02. The molecule has 9 heteroatoms. The molecule has 9 nitrogen and oxygen atoms in total. The summed E-state index contributed by atoms with van der Waals surface area (Å²) >= 11 is 0. The molecule has 3 N–H and O–H groups in total. The van der Waals surface area contributed by atoms with Crippen LogP contribution in [0.25, 0.3) is 0 Å². The van der Waals surface area contributed by atoms with Gasteiger partial charge in [-0.05, 0) is 25.8 Å².